The molecule has 0 bridgehead atoms. The third kappa shape index (κ3) is 1.97. The fourth-order valence-electron chi connectivity index (χ4n) is 0.665. The molecule has 0 unspecified atom stereocenters. The molecule has 1 fully saturated rings. The average Bonchev–Trinajstić information content (AvgIpc) is 1.69. The Morgan fingerprint density at radius 3 is 2.14 bits per heavy atom. The van der Waals surface area contributed by atoms with Gasteiger partial charge in [-0.3, -0.25) is 0 Å². The van der Waals surface area contributed by atoms with E-state index in [1.807, 2.05) is 0 Å². The van der Waals surface area contributed by atoms with Crippen LogP contribution >= 0.6 is 0 Å². The second-order valence-electron chi connectivity index (χ2n) is 1.74. The first-order chi connectivity index (χ1) is 3.39. The molecule has 0 spiro atoms. The Hall–Kier alpha value is 0.719. The van der Waals surface area contributed by atoms with Crippen molar-refractivity contribution in [1.82, 2.24) is 8.44 Å². The first-order valence-corrected chi connectivity index (χ1v) is 3.84. The molecule has 0 aromatic carbocycles. The molecule has 1 saturated heterocycles. The van der Waals surface area contributed by atoms with Crippen LogP contribution in [0.5, 0.6) is 0 Å². The number of hydrogen-bond acceptors (Lipinski definition) is 2. The molecule has 1 aliphatic rings. The molecule has 1 heterocycles. The molecular formula is C4H9N2Sn. The van der Waals surface area contributed by atoms with Crippen molar-refractivity contribution in [3.05, 3.63) is 0 Å². The molecule has 0 aromatic heterocycles. The summed E-state index contributed by atoms with van der Waals surface area (Å²) in [4.78, 5) is 0. The van der Waals surface area contributed by atoms with Crippen LogP contribution in [0.1, 0.15) is 0 Å². The zero-order valence-electron chi connectivity index (χ0n) is 4.28. The molecule has 0 aromatic rings. The van der Waals surface area contributed by atoms with Crippen molar-refractivity contribution in [3.8, 4) is 0 Å². The van der Waals surface area contributed by atoms with Crippen molar-refractivity contribution in [3.63, 3.8) is 0 Å². The van der Waals surface area contributed by atoms with Crippen LogP contribution < -0.4 is 5.32 Å². The Bertz CT molecular complexity index is 51.7. The Balaban J connectivity index is 2.12. The van der Waals surface area contributed by atoms with Gasteiger partial charge in [-0.05, 0) is 0 Å². The van der Waals surface area contributed by atoms with Crippen LogP contribution in [0.15, 0.2) is 0 Å². The van der Waals surface area contributed by atoms with Crippen LogP contribution in [-0.4, -0.2) is 52.1 Å². The predicted molar refractivity (Wildman–Crippen MR) is 30.2 cm³/mol. The molecule has 2 nitrogen and oxygen atoms in total. The maximum absolute atomic E-state index is 3.29. The topological polar surface area (TPSA) is 15.3 Å². The zero-order valence-corrected chi connectivity index (χ0v) is 7.13. The summed E-state index contributed by atoms with van der Waals surface area (Å²) in [5.41, 5.74) is 0. The third-order valence-electron chi connectivity index (χ3n) is 1.12. The predicted octanol–water partition coefficient (Wildman–Crippen LogP) is -1.02. The van der Waals surface area contributed by atoms with Crippen LogP contribution in [0, 0.1) is 0 Å². The Morgan fingerprint density at radius 2 is 1.86 bits per heavy atom. The van der Waals surface area contributed by atoms with E-state index >= 15 is 0 Å². The third-order valence-corrected chi connectivity index (χ3v) is 2.39. The van der Waals surface area contributed by atoms with Gasteiger partial charge in [0.05, 0.1) is 0 Å². The second kappa shape index (κ2) is 2.89. The van der Waals surface area contributed by atoms with Gasteiger partial charge >= 0.3 is 57.4 Å². The summed E-state index contributed by atoms with van der Waals surface area (Å²) in [5.74, 6) is 0. The van der Waals surface area contributed by atoms with E-state index < -0.39 is 0 Å². The Kier molecular flexibility index (Phi) is 2.41. The van der Waals surface area contributed by atoms with Crippen LogP contribution in [0.2, 0.25) is 0 Å². The van der Waals surface area contributed by atoms with E-state index in [0.29, 0.717) is 0 Å². The van der Waals surface area contributed by atoms with Crippen LogP contribution in [0.25, 0.3) is 0 Å². The molecule has 39 valence electrons. The van der Waals surface area contributed by atoms with Crippen molar-refractivity contribution in [2.24, 2.45) is 0 Å². The van der Waals surface area contributed by atoms with Crippen LogP contribution in [0.3, 0.4) is 0 Å². The molecule has 0 atom stereocenters. The SMILES string of the molecule is [Sn][N]1CCNCC1. The van der Waals surface area contributed by atoms with Gasteiger partial charge in [0.25, 0.3) is 0 Å². The standard InChI is InChI=1S/C4H9N2.Sn/c1-2-6-4-3-5-1;/h5H,1-4H2;/q-1;+1. The van der Waals surface area contributed by atoms with E-state index in [1.54, 1.807) is 22.8 Å². The first kappa shape index (κ1) is 5.85. The van der Waals surface area contributed by atoms with Gasteiger partial charge in [-0.1, -0.05) is 0 Å². The van der Waals surface area contributed by atoms with E-state index in [1.165, 1.54) is 26.2 Å². The molecule has 7 heavy (non-hydrogen) atoms. The molecule has 1 N–H and O–H groups in total. The van der Waals surface area contributed by atoms with Gasteiger partial charge in [-0.15, -0.1) is 0 Å². The molecule has 1 rings (SSSR count). The monoisotopic (exact) mass is 205 g/mol. The van der Waals surface area contributed by atoms with Gasteiger partial charge in [-0.25, -0.2) is 0 Å². The van der Waals surface area contributed by atoms with Crippen LogP contribution in [-0.2, 0) is 0 Å². The Labute approximate surface area is 57.7 Å². The molecule has 0 aliphatic carbocycles. The summed E-state index contributed by atoms with van der Waals surface area (Å²) in [7, 11) is 0. The Morgan fingerprint density at radius 1 is 1.29 bits per heavy atom. The molecule has 1 aliphatic heterocycles. The quantitative estimate of drug-likeness (QED) is 0.507. The van der Waals surface area contributed by atoms with Crippen molar-refractivity contribution in [1.29, 1.82) is 0 Å². The van der Waals surface area contributed by atoms with Crippen LogP contribution in [0.4, 0.5) is 0 Å². The molecule has 3 radical (unpaired) electrons. The number of nitrogens with zero attached hydrogens (tertiary/aromatic N) is 1. The molecular weight excluding hydrogens is 195 g/mol. The van der Waals surface area contributed by atoms with Gasteiger partial charge in [-0.2, -0.15) is 0 Å². The van der Waals surface area contributed by atoms with Crippen molar-refractivity contribution >= 4 is 22.8 Å². The molecule has 0 saturated carbocycles. The fraction of sp³-hybridized carbons (Fsp3) is 1.00. The van der Waals surface area contributed by atoms with E-state index in [9.17, 15) is 0 Å². The van der Waals surface area contributed by atoms with Gasteiger partial charge in [0.15, 0.2) is 0 Å². The summed E-state index contributed by atoms with van der Waals surface area (Å²) in [6.07, 6.45) is 0. The van der Waals surface area contributed by atoms with E-state index in [4.69, 9.17) is 0 Å². The number of rotatable bonds is 0. The first-order valence-electron chi connectivity index (χ1n) is 2.56. The fourth-order valence-corrected chi connectivity index (χ4v) is 1.30. The summed E-state index contributed by atoms with van der Waals surface area (Å²) in [6.45, 7) is 4.87. The van der Waals surface area contributed by atoms with Gasteiger partial charge in [0.1, 0.15) is 0 Å². The minimum absolute atomic E-state index is 1.19. The van der Waals surface area contributed by atoms with Gasteiger partial charge in [0, 0.05) is 0 Å². The number of nitrogens with one attached hydrogen (secondary N) is 1. The van der Waals surface area contributed by atoms with Crippen molar-refractivity contribution in [2.75, 3.05) is 26.2 Å². The minimum atomic E-state index is 1.19. The zero-order chi connectivity index (χ0) is 5.11. The molecule has 3 heteroatoms. The number of piperazine rings is 1. The summed E-state index contributed by atoms with van der Waals surface area (Å²) >= 11 is 1.56. The van der Waals surface area contributed by atoms with E-state index in [0.717, 1.165) is 0 Å². The summed E-state index contributed by atoms with van der Waals surface area (Å²) in [5, 5.41) is 3.29. The van der Waals surface area contributed by atoms with E-state index in [2.05, 4.69) is 8.44 Å². The summed E-state index contributed by atoms with van der Waals surface area (Å²) < 4.78 is 2.42. The molecule has 0 amide bonds. The van der Waals surface area contributed by atoms with Crippen molar-refractivity contribution < 1.29 is 0 Å². The maximum atomic E-state index is 3.29. The van der Waals surface area contributed by atoms with Gasteiger partial charge in [0.2, 0.25) is 0 Å². The summed E-state index contributed by atoms with van der Waals surface area (Å²) in [6, 6.07) is 0. The van der Waals surface area contributed by atoms with Crippen molar-refractivity contribution in [2.45, 2.75) is 0 Å². The van der Waals surface area contributed by atoms with Gasteiger partial charge < -0.3 is 0 Å². The number of hydrogen-bond donors (Lipinski definition) is 1. The normalized spacial score (nSPS) is 25.3. The second-order valence-corrected chi connectivity index (χ2v) is 3.54. The van der Waals surface area contributed by atoms with E-state index in [-0.39, 0.29) is 0 Å². The average molecular weight is 204 g/mol.